The Morgan fingerprint density at radius 1 is 1.08 bits per heavy atom. The predicted octanol–water partition coefficient (Wildman–Crippen LogP) is 3.45. The minimum atomic E-state index is -3.94. The van der Waals surface area contributed by atoms with Crippen molar-refractivity contribution in [1.29, 1.82) is 0 Å². The number of nitrogens with one attached hydrogen (secondary N) is 1. The molecule has 26 heavy (non-hydrogen) atoms. The lowest BCUT2D eigenvalue weighted by Gasteiger charge is -2.30. The lowest BCUT2D eigenvalue weighted by atomic mass is 9.95. The van der Waals surface area contributed by atoms with E-state index in [0.717, 1.165) is 44.6 Å². The first-order chi connectivity index (χ1) is 12.4. The van der Waals surface area contributed by atoms with Crippen LogP contribution in [0.4, 0.5) is 4.39 Å². The van der Waals surface area contributed by atoms with Crippen molar-refractivity contribution < 1.29 is 17.6 Å². The monoisotopic (exact) mass is 382 g/mol. The number of carbonyl (C=O) groups is 1. The minimum Gasteiger partial charge on any atom is -0.339 e. The van der Waals surface area contributed by atoms with Gasteiger partial charge in [-0.05, 0) is 43.9 Å². The molecule has 1 amide bonds. The van der Waals surface area contributed by atoms with Crippen LogP contribution in [0.3, 0.4) is 0 Å². The van der Waals surface area contributed by atoms with E-state index in [0.29, 0.717) is 0 Å². The highest BCUT2D eigenvalue weighted by Gasteiger charge is 2.31. The third-order valence-electron chi connectivity index (χ3n) is 5.31. The average molecular weight is 383 g/mol. The zero-order chi connectivity index (χ0) is 18.7. The summed E-state index contributed by atoms with van der Waals surface area (Å²) in [6.07, 6.45) is 9.25. The second kappa shape index (κ2) is 8.05. The maximum Gasteiger partial charge on any atom is 0.253 e. The summed E-state index contributed by atoms with van der Waals surface area (Å²) in [5.74, 6) is -1.08. The second-order valence-electron chi connectivity index (χ2n) is 7.46. The van der Waals surface area contributed by atoms with Gasteiger partial charge in [-0.1, -0.05) is 32.1 Å². The normalized spacial score (nSPS) is 19.6. The molecule has 2 aliphatic carbocycles. The van der Waals surface area contributed by atoms with E-state index in [1.54, 1.807) is 11.9 Å². The molecule has 3 rings (SSSR count). The molecule has 0 bridgehead atoms. The van der Waals surface area contributed by atoms with Gasteiger partial charge in [0.05, 0.1) is 0 Å². The molecule has 0 radical (unpaired) electrons. The van der Waals surface area contributed by atoms with Crippen molar-refractivity contribution in [3.63, 3.8) is 0 Å². The van der Waals surface area contributed by atoms with Gasteiger partial charge in [-0.2, -0.15) is 0 Å². The number of carbonyl (C=O) groups excluding carboxylic acids is 1. The van der Waals surface area contributed by atoms with Crippen molar-refractivity contribution in [1.82, 2.24) is 9.62 Å². The van der Waals surface area contributed by atoms with E-state index in [1.165, 1.54) is 31.4 Å². The Hall–Kier alpha value is -1.47. The molecule has 0 aromatic heterocycles. The van der Waals surface area contributed by atoms with Gasteiger partial charge < -0.3 is 4.90 Å². The number of amides is 1. The fourth-order valence-electron chi connectivity index (χ4n) is 3.52. The van der Waals surface area contributed by atoms with Crippen molar-refractivity contribution >= 4 is 15.9 Å². The first-order valence-corrected chi connectivity index (χ1v) is 11.0. The molecule has 0 spiro atoms. The van der Waals surface area contributed by atoms with E-state index in [1.807, 2.05) is 0 Å². The van der Waals surface area contributed by atoms with Gasteiger partial charge in [-0.15, -0.1) is 0 Å². The summed E-state index contributed by atoms with van der Waals surface area (Å²) in [6.45, 7) is 0. The van der Waals surface area contributed by atoms with Crippen LogP contribution < -0.4 is 4.72 Å². The highest BCUT2D eigenvalue weighted by molar-refractivity contribution is 7.89. The Kier molecular flexibility index (Phi) is 5.97. The summed E-state index contributed by atoms with van der Waals surface area (Å²) in [7, 11) is -2.18. The van der Waals surface area contributed by atoms with Gasteiger partial charge in [0.25, 0.3) is 5.91 Å². The fraction of sp³-hybridized carbons (Fsp3) is 0.632. The van der Waals surface area contributed by atoms with Crippen LogP contribution in [-0.4, -0.2) is 38.4 Å². The van der Waals surface area contributed by atoms with Gasteiger partial charge in [0.15, 0.2) is 0 Å². The van der Waals surface area contributed by atoms with Crippen molar-refractivity contribution in [2.45, 2.75) is 74.8 Å². The number of hydrogen-bond acceptors (Lipinski definition) is 3. The third-order valence-corrected chi connectivity index (χ3v) is 6.85. The van der Waals surface area contributed by atoms with Crippen LogP contribution in [0.25, 0.3) is 0 Å². The van der Waals surface area contributed by atoms with Gasteiger partial charge in [-0.3, -0.25) is 4.79 Å². The van der Waals surface area contributed by atoms with Gasteiger partial charge in [0, 0.05) is 24.7 Å². The van der Waals surface area contributed by atoms with Gasteiger partial charge in [0.2, 0.25) is 10.0 Å². The zero-order valence-corrected chi connectivity index (χ0v) is 16.0. The van der Waals surface area contributed by atoms with E-state index in [4.69, 9.17) is 0 Å². The summed E-state index contributed by atoms with van der Waals surface area (Å²) in [5.41, 5.74) is 0.215. The molecule has 0 heterocycles. The molecule has 1 aromatic carbocycles. The number of nitrogens with zero attached hydrogens (tertiary/aromatic N) is 1. The summed E-state index contributed by atoms with van der Waals surface area (Å²) >= 11 is 0. The molecule has 1 aromatic rings. The van der Waals surface area contributed by atoms with Crippen LogP contribution in [0.15, 0.2) is 23.1 Å². The van der Waals surface area contributed by atoms with Crippen LogP contribution in [0.5, 0.6) is 0 Å². The third kappa shape index (κ3) is 4.62. The van der Waals surface area contributed by atoms with Gasteiger partial charge in [0.1, 0.15) is 10.7 Å². The van der Waals surface area contributed by atoms with E-state index in [9.17, 15) is 17.6 Å². The van der Waals surface area contributed by atoms with E-state index in [2.05, 4.69) is 4.72 Å². The van der Waals surface area contributed by atoms with Crippen LogP contribution in [0.2, 0.25) is 0 Å². The molecule has 5 nitrogen and oxygen atoms in total. The van der Waals surface area contributed by atoms with Gasteiger partial charge >= 0.3 is 0 Å². The SMILES string of the molecule is CN(C(=O)c1ccc(F)c(S(=O)(=O)NC2CC2)c1)C1CCCCCCC1. The standard InChI is InChI=1S/C19H27FN2O3S/c1-22(16-7-5-3-2-4-6-8-16)19(23)14-9-12-17(20)18(13-14)26(24,25)21-15-10-11-15/h9,12-13,15-16,21H,2-8,10-11H2,1H3. The van der Waals surface area contributed by atoms with E-state index in [-0.39, 0.29) is 23.6 Å². The molecular formula is C19H27FN2O3S. The Labute approximate surface area is 155 Å². The second-order valence-corrected chi connectivity index (χ2v) is 9.14. The minimum absolute atomic E-state index is 0.114. The van der Waals surface area contributed by atoms with Crippen molar-refractivity contribution in [2.75, 3.05) is 7.05 Å². The van der Waals surface area contributed by atoms with Crippen LogP contribution in [0.1, 0.15) is 68.1 Å². The fourth-order valence-corrected chi connectivity index (χ4v) is 4.93. The lowest BCUT2D eigenvalue weighted by Crippen LogP contribution is -2.37. The molecule has 2 fully saturated rings. The molecule has 0 unspecified atom stereocenters. The molecule has 7 heteroatoms. The maximum absolute atomic E-state index is 14.1. The van der Waals surface area contributed by atoms with Crippen LogP contribution >= 0.6 is 0 Å². The Bertz CT molecular complexity index is 754. The Morgan fingerprint density at radius 3 is 2.31 bits per heavy atom. The average Bonchev–Trinajstić information content (AvgIpc) is 3.37. The number of benzene rings is 1. The highest BCUT2D eigenvalue weighted by atomic mass is 32.2. The lowest BCUT2D eigenvalue weighted by molar-refractivity contribution is 0.0706. The quantitative estimate of drug-likeness (QED) is 0.848. The first kappa shape index (κ1) is 19.3. The molecule has 0 aliphatic heterocycles. The smallest absolute Gasteiger partial charge is 0.253 e. The number of hydrogen-bond donors (Lipinski definition) is 1. The van der Waals surface area contributed by atoms with E-state index < -0.39 is 20.7 Å². The molecule has 0 atom stereocenters. The Balaban J connectivity index is 1.79. The molecule has 2 saturated carbocycles. The number of sulfonamides is 1. The maximum atomic E-state index is 14.1. The van der Waals surface area contributed by atoms with Crippen molar-refractivity contribution in [3.05, 3.63) is 29.6 Å². The topological polar surface area (TPSA) is 66.5 Å². The summed E-state index contributed by atoms with van der Waals surface area (Å²) in [6, 6.07) is 3.64. The largest absolute Gasteiger partial charge is 0.339 e. The molecular weight excluding hydrogens is 355 g/mol. The predicted molar refractivity (Wildman–Crippen MR) is 97.9 cm³/mol. The highest BCUT2D eigenvalue weighted by Crippen LogP contribution is 2.25. The summed E-state index contributed by atoms with van der Waals surface area (Å²) in [4.78, 5) is 14.1. The molecule has 0 saturated heterocycles. The first-order valence-electron chi connectivity index (χ1n) is 9.47. The summed E-state index contributed by atoms with van der Waals surface area (Å²) < 4.78 is 41.3. The van der Waals surface area contributed by atoms with E-state index >= 15 is 0 Å². The van der Waals surface area contributed by atoms with Crippen molar-refractivity contribution in [2.24, 2.45) is 0 Å². The zero-order valence-electron chi connectivity index (χ0n) is 15.2. The molecule has 1 N–H and O–H groups in total. The molecule has 144 valence electrons. The molecule has 2 aliphatic rings. The van der Waals surface area contributed by atoms with Crippen molar-refractivity contribution in [3.8, 4) is 0 Å². The number of rotatable bonds is 5. The Morgan fingerprint density at radius 2 is 1.69 bits per heavy atom. The summed E-state index contributed by atoms with van der Waals surface area (Å²) in [5, 5.41) is 0. The van der Waals surface area contributed by atoms with Crippen LogP contribution in [-0.2, 0) is 10.0 Å². The van der Waals surface area contributed by atoms with Crippen LogP contribution in [0, 0.1) is 5.82 Å². The number of halogens is 1. The van der Waals surface area contributed by atoms with Gasteiger partial charge in [-0.25, -0.2) is 17.5 Å².